The topological polar surface area (TPSA) is 133 Å². The van der Waals surface area contributed by atoms with E-state index >= 15 is 0 Å². The van der Waals surface area contributed by atoms with Gasteiger partial charge in [-0.05, 0) is 19.1 Å². The number of carboxylic acid groups (broad SMARTS) is 1. The van der Waals surface area contributed by atoms with Gasteiger partial charge in [-0.25, -0.2) is 4.79 Å². The maximum atomic E-state index is 11.5. The number of nitro groups is 1. The summed E-state index contributed by atoms with van der Waals surface area (Å²) in [5, 5.41) is 19.8. The highest BCUT2D eigenvalue weighted by Gasteiger charge is 2.28. The van der Waals surface area contributed by atoms with Crippen LogP contribution in [-0.4, -0.2) is 34.6 Å². The largest absolute Gasteiger partial charge is 0.480 e. The van der Waals surface area contributed by atoms with Crippen molar-refractivity contribution in [1.29, 1.82) is 0 Å². The van der Waals surface area contributed by atoms with E-state index in [1.165, 1.54) is 24.3 Å². The number of aliphatic carboxylic acids is 1. The number of hydrogen-bond donors (Lipinski definition) is 2. The molecule has 0 heterocycles. The minimum atomic E-state index is -1.33. The highest BCUT2D eigenvalue weighted by molar-refractivity contribution is 5.89. The monoisotopic (exact) mass is 296 g/mol. The second-order valence-corrected chi connectivity index (χ2v) is 4.32. The smallest absolute Gasteiger partial charge is 0.338 e. The number of nitrogens with two attached hydrogens (primary N) is 1. The van der Waals surface area contributed by atoms with Crippen molar-refractivity contribution >= 4 is 11.9 Å². The summed E-state index contributed by atoms with van der Waals surface area (Å²) in [5.74, 6) is -1.83. The van der Waals surface area contributed by atoms with Gasteiger partial charge in [0.15, 0.2) is 0 Å². The van der Waals surface area contributed by atoms with Crippen molar-refractivity contribution in [2.45, 2.75) is 25.4 Å². The Morgan fingerprint density at radius 1 is 1.38 bits per heavy atom. The fourth-order valence-corrected chi connectivity index (χ4v) is 1.74. The first kappa shape index (κ1) is 16.6. The van der Waals surface area contributed by atoms with Crippen molar-refractivity contribution in [2.75, 3.05) is 6.61 Å². The Hall–Kier alpha value is -2.48. The number of nitrogens with zero attached hydrogens (tertiary/aromatic N) is 1. The summed E-state index contributed by atoms with van der Waals surface area (Å²) in [6.45, 7) is 1.90. The number of rotatable bonds is 7. The van der Waals surface area contributed by atoms with Gasteiger partial charge < -0.3 is 15.6 Å². The van der Waals surface area contributed by atoms with Crippen molar-refractivity contribution in [3.8, 4) is 0 Å². The van der Waals surface area contributed by atoms with Gasteiger partial charge in [-0.3, -0.25) is 14.9 Å². The molecule has 1 rings (SSSR count). The quantitative estimate of drug-likeness (QED) is 0.435. The average molecular weight is 296 g/mol. The number of carbonyl (C=O) groups is 2. The van der Waals surface area contributed by atoms with Crippen molar-refractivity contribution in [3.63, 3.8) is 0 Å². The first-order valence-electron chi connectivity index (χ1n) is 6.25. The van der Waals surface area contributed by atoms with Crippen LogP contribution in [0.15, 0.2) is 24.3 Å². The molecule has 114 valence electrons. The third kappa shape index (κ3) is 4.53. The summed E-state index contributed by atoms with van der Waals surface area (Å²) in [4.78, 5) is 32.6. The predicted molar refractivity (Wildman–Crippen MR) is 72.4 cm³/mol. The molecule has 0 aliphatic carbocycles. The van der Waals surface area contributed by atoms with Crippen LogP contribution < -0.4 is 5.73 Å². The van der Waals surface area contributed by atoms with E-state index < -0.39 is 28.9 Å². The first-order chi connectivity index (χ1) is 9.86. The number of carbonyl (C=O) groups excluding carboxylic acids is 1. The van der Waals surface area contributed by atoms with Crippen LogP contribution in [0.4, 0.5) is 0 Å². The van der Waals surface area contributed by atoms with E-state index in [-0.39, 0.29) is 24.2 Å². The predicted octanol–water partition coefficient (Wildman–Crippen LogP) is 0.983. The van der Waals surface area contributed by atoms with Gasteiger partial charge >= 0.3 is 11.9 Å². The molecular formula is C13H16N2O6. The van der Waals surface area contributed by atoms with Gasteiger partial charge in [0.2, 0.25) is 6.04 Å². The van der Waals surface area contributed by atoms with Gasteiger partial charge in [-0.1, -0.05) is 12.1 Å². The zero-order valence-corrected chi connectivity index (χ0v) is 11.4. The lowest BCUT2D eigenvalue weighted by Gasteiger charge is -2.12. The highest BCUT2D eigenvalue weighted by Crippen LogP contribution is 2.22. The van der Waals surface area contributed by atoms with Gasteiger partial charge in [0.25, 0.3) is 0 Å². The molecule has 0 spiro atoms. The second-order valence-electron chi connectivity index (χ2n) is 4.32. The summed E-state index contributed by atoms with van der Waals surface area (Å²) < 4.78 is 4.80. The molecule has 0 aliphatic heterocycles. The molecule has 8 nitrogen and oxygen atoms in total. The van der Waals surface area contributed by atoms with Crippen LogP contribution in [0.5, 0.6) is 0 Å². The van der Waals surface area contributed by atoms with Crippen molar-refractivity contribution in [3.05, 3.63) is 45.5 Å². The number of carboxylic acids is 1. The minimum Gasteiger partial charge on any atom is -0.480 e. The molecule has 0 radical (unpaired) electrons. The summed E-state index contributed by atoms with van der Waals surface area (Å²) in [6.07, 6.45) is -0.332. The SMILES string of the molecule is CCOC(=O)c1ccc(C(C[C@H](N)C(=O)O)[N+](=O)[O-])cc1. The third-order valence-corrected chi connectivity index (χ3v) is 2.86. The van der Waals surface area contributed by atoms with Crippen molar-refractivity contribution < 1.29 is 24.4 Å². The molecule has 2 atom stereocenters. The highest BCUT2D eigenvalue weighted by atomic mass is 16.6. The molecule has 0 saturated heterocycles. The van der Waals surface area contributed by atoms with Crippen molar-refractivity contribution in [2.24, 2.45) is 5.73 Å². The van der Waals surface area contributed by atoms with Crippen LogP contribution in [0.1, 0.15) is 35.3 Å². The van der Waals surface area contributed by atoms with Gasteiger partial charge in [0.05, 0.1) is 12.2 Å². The number of esters is 1. The second kappa shape index (κ2) is 7.34. The van der Waals surface area contributed by atoms with Gasteiger partial charge in [0, 0.05) is 16.9 Å². The molecule has 0 amide bonds. The zero-order chi connectivity index (χ0) is 16.0. The molecule has 0 aliphatic rings. The summed E-state index contributed by atoms with van der Waals surface area (Å²) in [6, 6.07) is 3.02. The van der Waals surface area contributed by atoms with Crippen LogP contribution in [-0.2, 0) is 9.53 Å². The molecule has 1 aromatic carbocycles. The normalized spacial score (nSPS) is 13.2. The minimum absolute atomic E-state index is 0.228. The molecule has 1 aromatic rings. The van der Waals surface area contributed by atoms with E-state index in [9.17, 15) is 19.7 Å². The molecule has 0 bridgehead atoms. The number of ether oxygens (including phenoxy) is 1. The van der Waals surface area contributed by atoms with Crippen LogP contribution in [0.2, 0.25) is 0 Å². The fourth-order valence-electron chi connectivity index (χ4n) is 1.74. The maximum Gasteiger partial charge on any atom is 0.338 e. The molecule has 1 unspecified atom stereocenters. The van der Waals surface area contributed by atoms with E-state index in [0.717, 1.165) is 0 Å². The summed E-state index contributed by atoms with van der Waals surface area (Å²) in [7, 11) is 0. The maximum absolute atomic E-state index is 11.5. The van der Waals surface area contributed by atoms with Crippen molar-refractivity contribution in [1.82, 2.24) is 0 Å². The lowest BCUT2D eigenvalue weighted by atomic mass is 9.99. The van der Waals surface area contributed by atoms with Crippen LogP contribution in [0, 0.1) is 10.1 Å². The summed E-state index contributed by atoms with van der Waals surface area (Å²) in [5.41, 5.74) is 5.88. The summed E-state index contributed by atoms with van der Waals surface area (Å²) >= 11 is 0. The lowest BCUT2D eigenvalue weighted by molar-refractivity contribution is -0.530. The zero-order valence-electron chi connectivity index (χ0n) is 11.4. The number of hydrogen-bond acceptors (Lipinski definition) is 6. The third-order valence-electron chi connectivity index (χ3n) is 2.86. The van der Waals surface area contributed by atoms with Crippen LogP contribution in [0.3, 0.4) is 0 Å². The van der Waals surface area contributed by atoms with E-state index in [1.807, 2.05) is 0 Å². The number of benzene rings is 1. The molecule has 0 saturated carbocycles. The molecule has 8 heteroatoms. The Bertz CT molecular complexity index is 528. The van der Waals surface area contributed by atoms with Gasteiger partial charge in [-0.15, -0.1) is 0 Å². The molecule has 3 N–H and O–H groups in total. The molecule has 0 fully saturated rings. The van der Waals surface area contributed by atoms with Crippen LogP contribution in [0.25, 0.3) is 0 Å². The Balaban J connectivity index is 2.92. The van der Waals surface area contributed by atoms with E-state index in [2.05, 4.69) is 0 Å². The van der Waals surface area contributed by atoms with Crippen LogP contribution >= 0.6 is 0 Å². The molecular weight excluding hydrogens is 280 g/mol. The Labute approximate surface area is 120 Å². The lowest BCUT2D eigenvalue weighted by Crippen LogP contribution is -2.33. The standard InChI is InChI=1S/C13H16N2O6/c1-2-21-13(18)9-5-3-8(4-6-9)11(15(19)20)7-10(14)12(16)17/h3-6,10-11H,2,7,14H2,1H3,(H,16,17)/t10-,11?/m0/s1. The van der Waals surface area contributed by atoms with E-state index in [4.69, 9.17) is 15.6 Å². The Kier molecular flexibility index (Phi) is 5.79. The van der Waals surface area contributed by atoms with Gasteiger partial charge in [0.1, 0.15) is 6.04 Å². The molecule has 21 heavy (non-hydrogen) atoms. The molecule has 0 aromatic heterocycles. The Morgan fingerprint density at radius 3 is 2.38 bits per heavy atom. The average Bonchev–Trinajstić information content (AvgIpc) is 2.44. The Morgan fingerprint density at radius 2 is 1.95 bits per heavy atom. The first-order valence-corrected chi connectivity index (χ1v) is 6.25. The van der Waals surface area contributed by atoms with Gasteiger partial charge in [-0.2, -0.15) is 0 Å². The fraction of sp³-hybridized carbons (Fsp3) is 0.385. The van der Waals surface area contributed by atoms with E-state index in [0.29, 0.717) is 0 Å². The van der Waals surface area contributed by atoms with E-state index in [1.54, 1.807) is 6.92 Å².